The Morgan fingerprint density at radius 1 is 1.37 bits per heavy atom. The average Bonchev–Trinajstić information content (AvgIpc) is 2.36. The average molecular weight is 267 g/mol. The van der Waals surface area contributed by atoms with Crippen molar-refractivity contribution >= 4 is 5.91 Å². The molecule has 0 saturated carbocycles. The van der Waals surface area contributed by atoms with E-state index in [1.807, 2.05) is 6.92 Å². The van der Waals surface area contributed by atoms with Crippen LogP contribution in [0, 0.1) is 23.5 Å². The van der Waals surface area contributed by atoms with Crippen molar-refractivity contribution in [3.05, 3.63) is 29.8 Å². The molecule has 0 aliphatic rings. The van der Waals surface area contributed by atoms with Crippen molar-refractivity contribution in [3.8, 4) is 17.6 Å². The lowest BCUT2D eigenvalue weighted by molar-refractivity contribution is -0.120. The highest BCUT2D eigenvalue weighted by Gasteiger charge is 2.03. The van der Waals surface area contributed by atoms with Crippen LogP contribution in [0.4, 0.5) is 8.78 Å². The molecule has 3 nitrogen and oxygen atoms in total. The van der Waals surface area contributed by atoms with Gasteiger partial charge in [-0.05, 0) is 18.6 Å². The SMILES string of the molecule is CCCC(=O)NCC#CCOc1ccc(F)cc1F. The first-order valence-electron chi connectivity index (χ1n) is 5.93. The minimum atomic E-state index is -0.766. The van der Waals surface area contributed by atoms with Gasteiger partial charge in [-0.1, -0.05) is 18.8 Å². The van der Waals surface area contributed by atoms with Crippen LogP contribution < -0.4 is 10.1 Å². The zero-order chi connectivity index (χ0) is 14.1. The molecule has 1 aromatic carbocycles. The van der Waals surface area contributed by atoms with Gasteiger partial charge in [-0.3, -0.25) is 4.79 Å². The van der Waals surface area contributed by atoms with Crippen molar-refractivity contribution in [1.29, 1.82) is 0 Å². The van der Waals surface area contributed by atoms with E-state index in [1.54, 1.807) is 0 Å². The molecular formula is C14H15F2NO2. The molecule has 0 unspecified atom stereocenters. The second-order valence-corrected chi connectivity index (χ2v) is 3.74. The molecule has 5 heteroatoms. The normalized spacial score (nSPS) is 9.42. The molecule has 1 amide bonds. The van der Waals surface area contributed by atoms with Gasteiger partial charge >= 0.3 is 0 Å². The molecule has 0 bridgehead atoms. The van der Waals surface area contributed by atoms with Crippen LogP contribution in [0.25, 0.3) is 0 Å². The highest BCUT2D eigenvalue weighted by atomic mass is 19.1. The van der Waals surface area contributed by atoms with Crippen molar-refractivity contribution in [2.24, 2.45) is 0 Å². The van der Waals surface area contributed by atoms with E-state index in [4.69, 9.17) is 4.74 Å². The third-order valence-corrected chi connectivity index (χ3v) is 2.17. The summed E-state index contributed by atoms with van der Waals surface area (Å²) in [5, 5.41) is 2.61. The molecule has 0 atom stereocenters. The third kappa shape index (κ3) is 5.87. The molecule has 102 valence electrons. The van der Waals surface area contributed by atoms with Gasteiger partial charge in [-0.15, -0.1) is 0 Å². The van der Waals surface area contributed by atoms with Gasteiger partial charge < -0.3 is 10.1 Å². The number of hydrogen-bond donors (Lipinski definition) is 1. The monoisotopic (exact) mass is 267 g/mol. The van der Waals surface area contributed by atoms with Crippen LogP contribution in [0.2, 0.25) is 0 Å². The molecule has 0 heterocycles. The van der Waals surface area contributed by atoms with E-state index in [0.29, 0.717) is 6.42 Å². The summed E-state index contributed by atoms with van der Waals surface area (Å²) in [6.45, 7) is 2.12. The lowest BCUT2D eigenvalue weighted by Crippen LogP contribution is -2.22. The number of benzene rings is 1. The molecule has 0 radical (unpaired) electrons. The summed E-state index contributed by atoms with van der Waals surface area (Å²) in [5.41, 5.74) is 0. The molecule has 0 aliphatic heterocycles. The molecule has 0 fully saturated rings. The molecule has 0 aromatic heterocycles. The molecule has 0 aliphatic carbocycles. The summed E-state index contributed by atoms with van der Waals surface area (Å²) in [6.07, 6.45) is 1.26. The largest absolute Gasteiger partial charge is 0.478 e. The third-order valence-electron chi connectivity index (χ3n) is 2.17. The Hall–Kier alpha value is -2.09. The van der Waals surface area contributed by atoms with Crippen LogP contribution in [-0.4, -0.2) is 19.1 Å². The van der Waals surface area contributed by atoms with Gasteiger partial charge in [-0.2, -0.15) is 0 Å². The van der Waals surface area contributed by atoms with E-state index < -0.39 is 11.6 Å². The number of nitrogens with one attached hydrogen (secondary N) is 1. The topological polar surface area (TPSA) is 38.3 Å². The molecule has 1 N–H and O–H groups in total. The Morgan fingerprint density at radius 3 is 2.84 bits per heavy atom. The lowest BCUT2D eigenvalue weighted by atomic mass is 10.3. The summed E-state index contributed by atoms with van der Waals surface area (Å²) < 4.78 is 30.8. The van der Waals surface area contributed by atoms with Crippen LogP contribution in [0.5, 0.6) is 5.75 Å². The first-order valence-corrected chi connectivity index (χ1v) is 5.93. The maximum Gasteiger partial charge on any atom is 0.220 e. The number of hydrogen-bond acceptors (Lipinski definition) is 2. The highest BCUT2D eigenvalue weighted by Crippen LogP contribution is 2.16. The smallest absolute Gasteiger partial charge is 0.220 e. The van der Waals surface area contributed by atoms with E-state index in [-0.39, 0.29) is 24.8 Å². The minimum absolute atomic E-state index is 0.0216. The quantitative estimate of drug-likeness (QED) is 0.831. The first-order chi connectivity index (χ1) is 9.13. The molecular weight excluding hydrogens is 252 g/mol. The number of halogens is 2. The van der Waals surface area contributed by atoms with Crippen molar-refractivity contribution in [2.45, 2.75) is 19.8 Å². The maximum atomic E-state index is 13.1. The fourth-order valence-electron chi connectivity index (χ4n) is 1.28. The van der Waals surface area contributed by atoms with Crippen LogP contribution >= 0.6 is 0 Å². The van der Waals surface area contributed by atoms with E-state index in [2.05, 4.69) is 17.2 Å². The second kappa shape index (κ2) is 8.09. The van der Waals surface area contributed by atoms with Gasteiger partial charge in [0.25, 0.3) is 0 Å². The summed E-state index contributed by atoms with van der Waals surface area (Å²) in [7, 11) is 0. The number of amides is 1. The Labute approximate surface area is 111 Å². The molecule has 0 spiro atoms. The van der Waals surface area contributed by atoms with E-state index in [1.165, 1.54) is 6.07 Å². The van der Waals surface area contributed by atoms with Crippen molar-refractivity contribution < 1.29 is 18.3 Å². The summed E-state index contributed by atoms with van der Waals surface area (Å²) >= 11 is 0. The van der Waals surface area contributed by atoms with Crippen LogP contribution in [0.1, 0.15) is 19.8 Å². The fraction of sp³-hybridized carbons (Fsp3) is 0.357. The van der Waals surface area contributed by atoms with E-state index >= 15 is 0 Å². The second-order valence-electron chi connectivity index (χ2n) is 3.74. The van der Waals surface area contributed by atoms with Gasteiger partial charge in [0.15, 0.2) is 11.6 Å². The minimum Gasteiger partial charge on any atom is -0.478 e. The van der Waals surface area contributed by atoms with E-state index in [9.17, 15) is 13.6 Å². The molecule has 19 heavy (non-hydrogen) atoms. The van der Waals surface area contributed by atoms with Gasteiger partial charge in [0.2, 0.25) is 5.91 Å². The van der Waals surface area contributed by atoms with Crippen molar-refractivity contribution in [2.75, 3.05) is 13.2 Å². The molecule has 0 saturated heterocycles. The van der Waals surface area contributed by atoms with Gasteiger partial charge in [0, 0.05) is 12.5 Å². The zero-order valence-corrected chi connectivity index (χ0v) is 10.6. The van der Waals surface area contributed by atoms with E-state index in [0.717, 1.165) is 18.6 Å². The molecule has 1 rings (SSSR count). The van der Waals surface area contributed by atoms with Crippen molar-refractivity contribution in [1.82, 2.24) is 5.32 Å². The van der Waals surface area contributed by atoms with Crippen LogP contribution in [0.15, 0.2) is 18.2 Å². The Balaban J connectivity index is 2.29. The van der Waals surface area contributed by atoms with Gasteiger partial charge in [-0.25, -0.2) is 8.78 Å². The highest BCUT2D eigenvalue weighted by molar-refractivity contribution is 5.76. The van der Waals surface area contributed by atoms with Crippen LogP contribution in [0.3, 0.4) is 0 Å². The molecule has 1 aromatic rings. The first kappa shape index (κ1) is 15.0. The summed E-state index contributed by atoms with van der Waals surface area (Å²) in [4.78, 5) is 11.1. The van der Waals surface area contributed by atoms with Gasteiger partial charge in [0.1, 0.15) is 12.4 Å². The maximum absolute atomic E-state index is 13.1. The Morgan fingerprint density at radius 2 is 2.16 bits per heavy atom. The number of rotatable bonds is 5. The predicted octanol–water partition coefficient (Wildman–Crippen LogP) is 2.26. The standard InChI is InChI=1S/C14H15F2NO2/c1-2-5-14(18)17-8-3-4-9-19-13-7-6-11(15)10-12(13)16/h6-7,10H,2,5,8-9H2,1H3,(H,17,18). The Kier molecular flexibility index (Phi) is 6.37. The van der Waals surface area contributed by atoms with Crippen molar-refractivity contribution in [3.63, 3.8) is 0 Å². The Bertz CT molecular complexity index is 492. The number of ether oxygens (including phenoxy) is 1. The fourth-order valence-corrected chi connectivity index (χ4v) is 1.28. The summed E-state index contributed by atoms with van der Waals surface area (Å²) in [6, 6.07) is 3.06. The summed E-state index contributed by atoms with van der Waals surface area (Å²) in [5.74, 6) is 3.77. The predicted molar refractivity (Wildman–Crippen MR) is 67.5 cm³/mol. The number of carbonyl (C=O) groups excluding carboxylic acids is 1. The van der Waals surface area contributed by atoms with Gasteiger partial charge in [0.05, 0.1) is 6.54 Å². The van der Waals surface area contributed by atoms with Crippen LogP contribution in [-0.2, 0) is 4.79 Å². The lowest BCUT2D eigenvalue weighted by Gasteiger charge is -2.02. The zero-order valence-electron chi connectivity index (χ0n) is 10.6. The number of carbonyl (C=O) groups is 1.